The molecule has 1 aliphatic rings. The van der Waals surface area contributed by atoms with Crippen LogP contribution in [0.4, 0.5) is 0 Å². The van der Waals surface area contributed by atoms with Gasteiger partial charge in [0, 0.05) is 45.5 Å². The molecule has 2 aromatic rings. The summed E-state index contributed by atoms with van der Waals surface area (Å²) in [6.07, 6.45) is 2.44. The molecule has 0 radical (unpaired) electrons. The van der Waals surface area contributed by atoms with Crippen molar-refractivity contribution in [1.82, 2.24) is 20.1 Å². The van der Waals surface area contributed by atoms with E-state index in [1.165, 1.54) is 12.1 Å². The second-order valence-electron chi connectivity index (χ2n) is 7.54. The van der Waals surface area contributed by atoms with Crippen LogP contribution in [0.1, 0.15) is 18.2 Å². The van der Waals surface area contributed by atoms with Gasteiger partial charge in [0.05, 0.1) is 16.6 Å². The molecule has 8 nitrogen and oxygen atoms in total. The van der Waals surface area contributed by atoms with Gasteiger partial charge in [0.15, 0.2) is 0 Å². The summed E-state index contributed by atoms with van der Waals surface area (Å²) in [4.78, 5) is 21.5. The summed E-state index contributed by atoms with van der Waals surface area (Å²) in [5, 5.41) is 8.08. The topological polar surface area (TPSA) is 109 Å². The molecule has 0 aliphatic carbocycles. The van der Waals surface area contributed by atoms with Gasteiger partial charge in [-0.05, 0) is 43.2 Å². The maximum atomic E-state index is 12.5. The molecule has 1 fully saturated rings. The number of piperazine rings is 1. The number of aromatic nitrogens is 1. The molecular formula is C21H29N5O3S. The highest BCUT2D eigenvalue weighted by atomic mass is 32.2. The normalized spacial score (nSPS) is 16.9. The minimum atomic E-state index is -3.68. The maximum Gasteiger partial charge on any atom is 0.238 e. The van der Waals surface area contributed by atoms with Crippen molar-refractivity contribution < 1.29 is 13.2 Å². The SMILES string of the molecule is CC(C(=O)NCCc1ccc(S(N)(=O)=O)cc1)N1CCN(Cc2ccccn2)CC1. The number of carbonyl (C=O) groups excluding carboxylic acids is 1. The van der Waals surface area contributed by atoms with Crippen molar-refractivity contribution in [2.24, 2.45) is 5.14 Å². The smallest absolute Gasteiger partial charge is 0.238 e. The fraction of sp³-hybridized carbons (Fsp3) is 0.429. The first-order valence-electron chi connectivity index (χ1n) is 10.1. The van der Waals surface area contributed by atoms with Gasteiger partial charge in [-0.2, -0.15) is 0 Å². The number of nitrogens with zero attached hydrogens (tertiary/aromatic N) is 3. The van der Waals surface area contributed by atoms with E-state index in [2.05, 4.69) is 20.1 Å². The van der Waals surface area contributed by atoms with E-state index in [-0.39, 0.29) is 16.8 Å². The first kappa shape index (κ1) is 22.4. The highest BCUT2D eigenvalue weighted by molar-refractivity contribution is 7.89. The van der Waals surface area contributed by atoms with Crippen molar-refractivity contribution in [2.45, 2.75) is 30.8 Å². The van der Waals surface area contributed by atoms with Crippen LogP contribution in [-0.2, 0) is 27.8 Å². The van der Waals surface area contributed by atoms with Crippen molar-refractivity contribution in [3.05, 3.63) is 59.9 Å². The third kappa shape index (κ3) is 6.33. The third-order valence-corrected chi connectivity index (χ3v) is 6.34. The van der Waals surface area contributed by atoms with Crippen molar-refractivity contribution in [2.75, 3.05) is 32.7 Å². The summed E-state index contributed by atoms with van der Waals surface area (Å²) >= 11 is 0. The Kier molecular flexibility index (Phi) is 7.54. The Morgan fingerprint density at radius 1 is 1.13 bits per heavy atom. The summed E-state index contributed by atoms with van der Waals surface area (Å²) in [7, 11) is -3.68. The van der Waals surface area contributed by atoms with Crippen LogP contribution in [0.5, 0.6) is 0 Å². The van der Waals surface area contributed by atoms with Crippen LogP contribution in [0.15, 0.2) is 53.6 Å². The maximum absolute atomic E-state index is 12.5. The Balaban J connectivity index is 1.39. The molecule has 0 saturated carbocycles. The van der Waals surface area contributed by atoms with Crippen LogP contribution in [0.25, 0.3) is 0 Å². The first-order valence-corrected chi connectivity index (χ1v) is 11.6. The number of pyridine rings is 1. The van der Waals surface area contributed by atoms with E-state index in [4.69, 9.17) is 5.14 Å². The number of amides is 1. The van der Waals surface area contributed by atoms with E-state index in [1.54, 1.807) is 12.1 Å². The largest absolute Gasteiger partial charge is 0.354 e. The van der Waals surface area contributed by atoms with E-state index in [0.29, 0.717) is 13.0 Å². The molecular weight excluding hydrogens is 402 g/mol. The molecule has 30 heavy (non-hydrogen) atoms. The number of rotatable bonds is 8. The molecule has 1 atom stereocenters. The molecule has 1 aromatic heterocycles. The van der Waals surface area contributed by atoms with Crippen LogP contribution < -0.4 is 10.5 Å². The van der Waals surface area contributed by atoms with Crippen LogP contribution in [0.3, 0.4) is 0 Å². The quantitative estimate of drug-likeness (QED) is 0.633. The molecule has 1 unspecified atom stereocenters. The Labute approximate surface area is 178 Å². The van der Waals surface area contributed by atoms with Gasteiger partial charge in [0.2, 0.25) is 15.9 Å². The van der Waals surface area contributed by atoms with Crippen molar-refractivity contribution in [3.8, 4) is 0 Å². The zero-order valence-corrected chi connectivity index (χ0v) is 18.0. The second kappa shape index (κ2) is 10.1. The molecule has 3 N–H and O–H groups in total. The number of carbonyl (C=O) groups is 1. The first-order chi connectivity index (χ1) is 14.3. The summed E-state index contributed by atoms with van der Waals surface area (Å²) < 4.78 is 22.6. The van der Waals surface area contributed by atoms with Gasteiger partial charge in [0.1, 0.15) is 0 Å². The molecule has 2 heterocycles. The van der Waals surface area contributed by atoms with E-state index in [1.807, 2.05) is 31.3 Å². The second-order valence-corrected chi connectivity index (χ2v) is 9.10. The molecule has 1 aromatic carbocycles. The number of sulfonamides is 1. The molecule has 1 saturated heterocycles. The lowest BCUT2D eigenvalue weighted by Gasteiger charge is -2.37. The van der Waals surface area contributed by atoms with E-state index in [9.17, 15) is 13.2 Å². The third-order valence-electron chi connectivity index (χ3n) is 5.41. The minimum absolute atomic E-state index is 0.00864. The van der Waals surface area contributed by atoms with Crippen LogP contribution >= 0.6 is 0 Å². The Morgan fingerprint density at radius 2 is 1.83 bits per heavy atom. The van der Waals surface area contributed by atoms with Gasteiger partial charge in [-0.25, -0.2) is 13.6 Å². The average Bonchev–Trinajstić information content (AvgIpc) is 2.74. The molecule has 1 aliphatic heterocycles. The Bertz CT molecular complexity index is 927. The number of nitrogens with two attached hydrogens (primary N) is 1. The Morgan fingerprint density at radius 3 is 2.43 bits per heavy atom. The molecule has 0 spiro atoms. The minimum Gasteiger partial charge on any atom is -0.354 e. The van der Waals surface area contributed by atoms with Crippen molar-refractivity contribution in [3.63, 3.8) is 0 Å². The molecule has 0 bridgehead atoms. The lowest BCUT2D eigenvalue weighted by molar-refractivity contribution is -0.126. The van der Waals surface area contributed by atoms with Crippen molar-refractivity contribution in [1.29, 1.82) is 0 Å². The summed E-state index contributed by atoms with van der Waals surface area (Å²) in [6, 6.07) is 12.2. The van der Waals surface area contributed by atoms with Gasteiger partial charge in [-0.1, -0.05) is 18.2 Å². The highest BCUT2D eigenvalue weighted by Crippen LogP contribution is 2.11. The van der Waals surface area contributed by atoms with E-state index in [0.717, 1.165) is 44.0 Å². The van der Waals surface area contributed by atoms with Gasteiger partial charge in [0.25, 0.3) is 0 Å². The number of benzene rings is 1. The summed E-state index contributed by atoms with van der Waals surface area (Å²) in [5.74, 6) is 0.00864. The Hall–Kier alpha value is -2.33. The van der Waals surface area contributed by atoms with Gasteiger partial charge < -0.3 is 5.32 Å². The number of hydrogen-bond acceptors (Lipinski definition) is 6. The number of hydrogen-bond donors (Lipinski definition) is 2. The molecule has 1 amide bonds. The fourth-order valence-corrected chi connectivity index (χ4v) is 4.03. The predicted octanol–water partition coefficient (Wildman–Crippen LogP) is 0.594. The lowest BCUT2D eigenvalue weighted by atomic mass is 10.1. The van der Waals surface area contributed by atoms with Gasteiger partial charge in [-0.15, -0.1) is 0 Å². The average molecular weight is 432 g/mol. The fourth-order valence-electron chi connectivity index (χ4n) is 3.52. The molecule has 162 valence electrons. The van der Waals surface area contributed by atoms with Crippen LogP contribution in [-0.4, -0.2) is 67.9 Å². The van der Waals surface area contributed by atoms with Crippen LogP contribution in [0.2, 0.25) is 0 Å². The van der Waals surface area contributed by atoms with Gasteiger partial charge >= 0.3 is 0 Å². The van der Waals surface area contributed by atoms with E-state index >= 15 is 0 Å². The molecule has 3 rings (SSSR count). The number of primary sulfonamides is 1. The van der Waals surface area contributed by atoms with E-state index < -0.39 is 10.0 Å². The van der Waals surface area contributed by atoms with Crippen LogP contribution in [0, 0.1) is 0 Å². The highest BCUT2D eigenvalue weighted by Gasteiger charge is 2.25. The number of nitrogens with one attached hydrogen (secondary N) is 1. The van der Waals surface area contributed by atoms with Gasteiger partial charge in [-0.3, -0.25) is 19.6 Å². The van der Waals surface area contributed by atoms with Crippen molar-refractivity contribution >= 4 is 15.9 Å². The monoisotopic (exact) mass is 431 g/mol. The zero-order valence-electron chi connectivity index (χ0n) is 17.2. The molecule has 9 heteroatoms. The summed E-state index contributed by atoms with van der Waals surface area (Å²) in [6.45, 7) is 6.77. The predicted molar refractivity (Wildman–Crippen MR) is 115 cm³/mol. The summed E-state index contributed by atoms with van der Waals surface area (Å²) in [5.41, 5.74) is 2.01. The zero-order chi connectivity index (χ0) is 21.6. The lowest BCUT2D eigenvalue weighted by Crippen LogP contribution is -2.53. The standard InChI is InChI=1S/C21H29N5O3S/c1-17(26-14-12-25(13-15-26)16-19-4-2-3-10-23-19)21(27)24-11-9-18-5-7-20(8-6-18)30(22,28)29/h2-8,10,17H,9,11-16H2,1H3,(H,24,27)(H2,22,28,29).